The number of hydrogen-bond acceptors (Lipinski definition) is 10. The van der Waals surface area contributed by atoms with Crippen molar-refractivity contribution in [3.8, 4) is 0 Å². The van der Waals surface area contributed by atoms with Gasteiger partial charge >= 0.3 is 0 Å². The summed E-state index contributed by atoms with van der Waals surface area (Å²) in [7, 11) is 0. The van der Waals surface area contributed by atoms with Gasteiger partial charge in [0.2, 0.25) is 0 Å². The molecule has 0 radical (unpaired) electrons. The minimum absolute atomic E-state index is 0.958. The van der Waals surface area contributed by atoms with Gasteiger partial charge in [-0.25, -0.2) is 4.98 Å². The van der Waals surface area contributed by atoms with Gasteiger partial charge < -0.3 is 42.0 Å². The molecule has 0 atom stereocenters. The first kappa shape index (κ1) is 113. The Bertz CT molecular complexity index is 704. The van der Waals surface area contributed by atoms with Crippen molar-refractivity contribution in [3.63, 3.8) is 0 Å². The van der Waals surface area contributed by atoms with Crippen LogP contribution in [0.2, 0.25) is 0 Å². The Labute approximate surface area is 457 Å². The molecule has 0 unspecified atom stereocenters. The lowest BCUT2D eigenvalue weighted by Gasteiger charge is -1.78. The summed E-state index contributed by atoms with van der Waals surface area (Å²) in [6.07, 6.45) is 26.6. The molecule has 0 aromatic carbocycles. The molecule has 1 saturated heterocycles. The van der Waals surface area contributed by atoms with Crippen molar-refractivity contribution in [2.75, 3.05) is 59.0 Å². The third kappa shape index (κ3) is 216. The fourth-order valence-electron chi connectivity index (χ4n) is 2.63. The summed E-state index contributed by atoms with van der Waals surface area (Å²) in [6, 6.07) is 5.72. The van der Waals surface area contributed by atoms with E-state index in [0.717, 1.165) is 65.4 Å². The Hall–Kier alpha value is -4.20. The Morgan fingerprint density at radius 3 is 0.972 bits per heavy atom. The summed E-state index contributed by atoms with van der Waals surface area (Å²) in [5.74, 6) is 0. The van der Waals surface area contributed by atoms with Gasteiger partial charge in [0.25, 0.3) is 0 Å². The van der Waals surface area contributed by atoms with Crippen LogP contribution in [0.15, 0.2) is 96.2 Å². The maximum absolute atomic E-state index is 3.85. The lowest BCUT2D eigenvalue weighted by Crippen LogP contribution is -2.11. The molecule has 13 heteroatoms. The second kappa shape index (κ2) is 226. The summed E-state index contributed by atoms with van der Waals surface area (Å²) in [6.45, 7) is 73.6. The van der Waals surface area contributed by atoms with E-state index in [9.17, 15) is 0 Å². The zero-order valence-electron chi connectivity index (χ0n) is 55.3. The number of aromatic nitrogens is 5. The second-order valence-corrected chi connectivity index (χ2v) is 7.86. The van der Waals surface area contributed by atoms with Gasteiger partial charge in [-0.05, 0) is 30.8 Å². The van der Waals surface area contributed by atoms with Crippen molar-refractivity contribution in [3.05, 3.63) is 86.1 Å². The number of aliphatic imine (C=N–C) groups is 1. The number of nitrogens with one attached hydrogen (secondary N) is 9. The van der Waals surface area contributed by atoms with Crippen LogP contribution in [0.25, 0.3) is 0 Å². The Morgan fingerprint density at radius 1 is 0.389 bits per heavy atom. The van der Waals surface area contributed by atoms with Crippen LogP contribution in [0.1, 0.15) is 234 Å². The molecule has 0 amide bonds. The summed E-state index contributed by atoms with van der Waals surface area (Å²) in [5.41, 5.74) is 2.79. The molecule has 0 bridgehead atoms. The van der Waals surface area contributed by atoms with E-state index in [1.54, 1.807) is 37.5 Å². The highest BCUT2D eigenvalue weighted by molar-refractivity contribution is 5.58. The first-order valence-electron chi connectivity index (χ1n) is 29.6. The third-order valence-electron chi connectivity index (χ3n) is 4.55. The quantitative estimate of drug-likeness (QED) is 0.100. The predicted octanol–water partition coefficient (Wildman–Crippen LogP) is 17.6. The van der Waals surface area contributed by atoms with E-state index in [4.69, 9.17) is 0 Å². The SMILES string of the molecule is C1=CCNC1.C1=CNCC1.C1=NCCN1.C1=NNCC1.C1CNCN1.CC.CC.CC.CC.CC.CC.CC.CC.CC.CC.CC.CC.CC.CC.CC.CC.c1c[nH]cn1.c1cc[nH]c1.c1cn[nH]c1. The number of H-pyrrole nitrogens is 3. The molecule has 8 heterocycles. The molecule has 9 N–H and O–H groups in total. The van der Waals surface area contributed by atoms with Crippen molar-refractivity contribution in [2.24, 2.45) is 10.1 Å². The first-order valence-corrected chi connectivity index (χ1v) is 29.6. The van der Waals surface area contributed by atoms with Gasteiger partial charge in [-0.2, -0.15) is 10.2 Å². The first-order chi connectivity index (χ1) is 36.0. The van der Waals surface area contributed by atoms with E-state index in [0.29, 0.717) is 0 Å². The highest BCUT2D eigenvalue weighted by Crippen LogP contribution is 1.84. The zero-order valence-corrected chi connectivity index (χ0v) is 55.3. The highest BCUT2D eigenvalue weighted by Gasteiger charge is 1.90. The molecular weight excluding hydrogens is 891 g/mol. The van der Waals surface area contributed by atoms with Gasteiger partial charge in [0.1, 0.15) is 0 Å². The number of imidazole rings is 1. The van der Waals surface area contributed by atoms with Gasteiger partial charge in [-0.3, -0.25) is 10.1 Å². The Balaban J connectivity index is -0.0000000330. The molecule has 1 fully saturated rings. The molecule has 3 aromatic heterocycles. The number of hydrazone groups is 1. The van der Waals surface area contributed by atoms with E-state index in [1.165, 1.54) is 6.42 Å². The van der Waals surface area contributed by atoms with Crippen LogP contribution < -0.4 is 32.0 Å². The maximum Gasteiger partial charge on any atom is 0.0919 e. The molecule has 444 valence electrons. The van der Waals surface area contributed by atoms with E-state index in [-0.39, 0.29) is 0 Å². The number of rotatable bonds is 0. The fourth-order valence-corrected chi connectivity index (χ4v) is 2.63. The third-order valence-corrected chi connectivity index (χ3v) is 4.55. The molecular formula is C59H143N13. The fraction of sp³-hybridized carbons (Fsp3) is 0.729. The molecule has 0 spiro atoms. The van der Waals surface area contributed by atoms with Crippen LogP contribution >= 0.6 is 0 Å². The summed E-state index contributed by atoms with van der Waals surface area (Å²) < 4.78 is 0. The van der Waals surface area contributed by atoms with Crippen LogP contribution in [0.3, 0.4) is 0 Å². The molecule has 8 rings (SSSR count). The smallest absolute Gasteiger partial charge is 0.0919 e. The Kier molecular flexibility index (Phi) is 353. The van der Waals surface area contributed by atoms with Crippen LogP contribution in [0.5, 0.6) is 0 Å². The van der Waals surface area contributed by atoms with Crippen molar-refractivity contribution >= 4 is 12.6 Å². The molecule has 3 aromatic rings. The topological polar surface area (TPSA) is 170 Å². The monoisotopic (exact) mass is 1030 g/mol. The summed E-state index contributed by atoms with van der Waals surface area (Å²) in [4.78, 5) is 13.1. The lowest BCUT2D eigenvalue weighted by atomic mass is 10.5. The average molecular weight is 1030 g/mol. The Morgan fingerprint density at radius 2 is 0.861 bits per heavy atom. The minimum Gasteiger partial charge on any atom is -0.391 e. The number of nitrogens with zero attached hydrogens (tertiary/aromatic N) is 4. The average Bonchev–Trinajstić information content (AvgIpc) is 4.39. The predicted molar refractivity (Wildman–Crippen MR) is 347 cm³/mol. The largest absolute Gasteiger partial charge is 0.391 e. The zero-order chi connectivity index (χ0) is 60.3. The van der Waals surface area contributed by atoms with Gasteiger partial charge in [-0.1, -0.05) is 240 Å². The molecule has 0 saturated carbocycles. The van der Waals surface area contributed by atoms with Crippen molar-refractivity contribution in [1.29, 1.82) is 0 Å². The van der Waals surface area contributed by atoms with Crippen LogP contribution in [0.4, 0.5) is 0 Å². The van der Waals surface area contributed by atoms with Gasteiger partial charge in [0.05, 0.1) is 19.2 Å². The van der Waals surface area contributed by atoms with Crippen molar-refractivity contribution < 1.29 is 0 Å². The van der Waals surface area contributed by atoms with Crippen molar-refractivity contribution in [2.45, 2.75) is 234 Å². The summed E-state index contributed by atoms with van der Waals surface area (Å²) >= 11 is 0. The highest BCUT2D eigenvalue weighted by atomic mass is 15.3. The van der Waals surface area contributed by atoms with Crippen LogP contribution in [0, 0.1) is 0 Å². The second-order valence-electron chi connectivity index (χ2n) is 7.86. The van der Waals surface area contributed by atoms with Gasteiger partial charge in [-0.15, -0.1) is 0 Å². The number of hydrogen-bond donors (Lipinski definition) is 9. The van der Waals surface area contributed by atoms with Crippen molar-refractivity contribution in [1.82, 2.24) is 57.2 Å². The molecule has 13 nitrogen and oxygen atoms in total. The molecule has 0 aliphatic carbocycles. The maximum atomic E-state index is 3.85. The van der Waals surface area contributed by atoms with E-state index in [2.05, 4.69) is 85.5 Å². The van der Waals surface area contributed by atoms with E-state index < -0.39 is 0 Å². The molecule has 5 aliphatic heterocycles. The molecule has 5 aliphatic rings. The summed E-state index contributed by atoms with van der Waals surface area (Å²) in [5, 5.41) is 25.2. The van der Waals surface area contributed by atoms with Crippen LogP contribution in [-0.2, 0) is 0 Å². The van der Waals surface area contributed by atoms with Gasteiger partial charge in [0.15, 0.2) is 0 Å². The van der Waals surface area contributed by atoms with Gasteiger partial charge in [0, 0.05) is 102 Å². The molecule has 72 heavy (non-hydrogen) atoms. The van der Waals surface area contributed by atoms with E-state index in [1.807, 2.05) is 265 Å². The van der Waals surface area contributed by atoms with Crippen LogP contribution in [-0.4, -0.2) is 96.7 Å². The normalized spacial score (nSPS) is 10.1. The van der Waals surface area contributed by atoms with E-state index >= 15 is 0 Å². The lowest BCUT2D eigenvalue weighted by molar-refractivity contribution is 0.807. The minimum atomic E-state index is 0.958. The standard InChI is InChI=1S/2C4H7N.C4H5N.C3H8N2.C3H6N2.C3H4N2.C3H6N2.C3H4N2.16C2H6/c3*1-2-4-5-3-1;3*1-2-5-3-4-1;2*1-2-4-5-3-1;16*1-2/h1,3,5H,2,4H2;1-2,5H,3-4H2;1-5H;4-5H,1-3H2;3H,1-2H2,(H,4,5);1-3H,(H,4,5);2,5H,1,3H2;1-3H,(H,4,5);16*1-2H3. The number of aromatic amines is 3.